The number of pyridine rings is 2. The maximum Gasteiger partial charge on any atom is 0.0849 e. The second-order valence-corrected chi connectivity index (χ2v) is 8.64. The van der Waals surface area contributed by atoms with Crippen LogP contribution in [0.4, 0.5) is 22.7 Å². The van der Waals surface area contributed by atoms with Gasteiger partial charge in [-0.05, 0) is 88.4 Å². The molecule has 0 radical (unpaired) electrons. The van der Waals surface area contributed by atoms with E-state index in [4.69, 9.17) is 29.9 Å². The summed E-state index contributed by atoms with van der Waals surface area (Å²) in [5.74, 6) is 0. The number of hydrogen-bond acceptors (Lipinski definition) is 6. The number of nitrogens with zero attached hydrogens (tertiary/aromatic N) is 6. The third-order valence-corrected chi connectivity index (χ3v) is 5.83. The van der Waals surface area contributed by atoms with E-state index >= 15 is 0 Å². The monoisotopic (exact) mass is 470 g/mol. The van der Waals surface area contributed by atoms with Crippen LogP contribution in [0.25, 0.3) is 0 Å². The SMILES string of the molecule is CC1=Nc2cccc(c2)N=C(C)c2cccc(n2)C(C)=Nc2cccc(c2)N=C(C)c2cccc1n2. The smallest absolute Gasteiger partial charge is 0.0849 e. The zero-order valence-corrected chi connectivity index (χ0v) is 20.8. The molecule has 3 heterocycles. The Bertz CT molecular complexity index is 1360. The van der Waals surface area contributed by atoms with Gasteiger partial charge in [0.05, 0.1) is 68.4 Å². The Morgan fingerprint density at radius 3 is 0.889 bits per heavy atom. The number of fused-ring (bicyclic) bond motifs is 8. The standard InChI is InChI=1S/C30H26N6/c1-19-27-13-7-14-28(35-27)20(2)32-25-11-6-12-26(18-25)34-22(4)30-16-8-15-29(36-30)21(3)33-24-10-5-9-23(17-24)31-19/h5-18H,1-4H3. The van der Waals surface area contributed by atoms with Gasteiger partial charge in [-0.1, -0.05) is 24.3 Å². The molecule has 36 heavy (non-hydrogen) atoms. The highest BCUT2D eigenvalue weighted by Gasteiger charge is 2.08. The van der Waals surface area contributed by atoms with E-state index in [1.807, 2.05) is 113 Å². The topological polar surface area (TPSA) is 75.2 Å². The van der Waals surface area contributed by atoms with Crippen LogP contribution in [0.5, 0.6) is 0 Å². The largest absolute Gasteiger partial charge is 0.251 e. The first kappa shape index (κ1) is 23.2. The van der Waals surface area contributed by atoms with E-state index in [2.05, 4.69) is 0 Å². The van der Waals surface area contributed by atoms with E-state index in [1.54, 1.807) is 0 Å². The Morgan fingerprint density at radius 1 is 0.361 bits per heavy atom. The lowest BCUT2D eigenvalue weighted by Crippen LogP contribution is -2.05. The Kier molecular flexibility index (Phi) is 6.41. The normalized spacial score (nSPS) is 13.7. The van der Waals surface area contributed by atoms with E-state index in [0.717, 1.165) is 68.4 Å². The van der Waals surface area contributed by atoms with Crippen LogP contribution in [0.15, 0.2) is 105 Å². The van der Waals surface area contributed by atoms with Gasteiger partial charge in [-0.3, -0.25) is 20.0 Å². The summed E-state index contributed by atoms with van der Waals surface area (Å²) in [6.07, 6.45) is 0. The molecule has 0 spiro atoms. The van der Waals surface area contributed by atoms with Crippen molar-refractivity contribution in [3.63, 3.8) is 0 Å². The van der Waals surface area contributed by atoms with E-state index in [-0.39, 0.29) is 0 Å². The van der Waals surface area contributed by atoms with Crippen molar-refractivity contribution in [3.05, 3.63) is 108 Å². The molecule has 0 unspecified atom stereocenters. The molecule has 8 bridgehead atoms. The van der Waals surface area contributed by atoms with Crippen molar-refractivity contribution in [2.45, 2.75) is 27.7 Å². The molecule has 0 saturated carbocycles. The average Bonchev–Trinajstić information content (AvgIpc) is 2.89. The van der Waals surface area contributed by atoms with Crippen molar-refractivity contribution in [1.82, 2.24) is 9.97 Å². The molecular formula is C30H26N6. The first-order valence-corrected chi connectivity index (χ1v) is 11.8. The van der Waals surface area contributed by atoms with E-state index in [0.29, 0.717) is 0 Å². The maximum atomic E-state index is 4.82. The Hall–Kier alpha value is -4.58. The van der Waals surface area contributed by atoms with Gasteiger partial charge in [0.1, 0.15) is 0 Å². The summed E-state index contributed by atoms with van der Waals surface area (Å²) in [5, 5.41) is 0. The molecule has 5 rings (SSSR count). The number of aliphatic imine (C=N–C) groups is 4. The summed E-state index contributed by atoms with van der Waals surface area (Å²) in [4.78, 5) is 28.9. The highest BCUT2D eigenvalue weighted by Crippen LogP contribution is 2.24. The summed E-state index contributed by atoms with van der Waals surface area (Å²) in [6, 6.07) is 27.5. The fourth-order valence-corrected chi connectivity index (χ4v) is 3.94. The lowest BCUT2D eigenvalue weighted by molar-refractivity contribution is 1.23. The minimum atomic E-state index is 0.802. The van der Waals surface area contributed by atoms with E-state index < -0.39 is 0 Å². The number of rotatable bonds is 0. The third kappa shape index (κ3) is 5.23. The second-order valence-electron chi connectivity index (χ2n) is 8.64. The predicted molar refractivity (Wildman–Crippen MR) is 149 cm³/mol. The summed E-state index contributed by atoms with van der Waals surface area (Å²) in [5.41, 5.74) is 9.74. The van der Waals surface area contributed by atoms with Crippen LogP contribution in [-0.2, 0) is 0 Å². The fourth-order valence-electron chi connectivity index (χ4n) is 3.94. The average molecular weight is 471 g/mol. The van der Waals surface area contributed by atoms with Crippen LogP contribution in [0.1, 0.15) is 50.5 Å². The molecule has 6 heteroatoms. The molecule has 0 N–H and O–H groups in total. The van der Waals surface area contributed by atoms with Crippen molar-refractivity contribution in [3.8, 4) is 0 Å². The van der Waals surface area contributed by atoms with Crippen molar-refractivity contribution < 1.29 is 0 Å². The van der Waals surface area contributed by atoms with Crippen molar-refractivity contribution >= 4 is 45.6 Å². The molecule has 1 aliphatic rings. The zero-order chi connectivity index (χ0) is 25.1. The van der Waals surface area contributed by atoms with Crippen LogP contribution >= 0.6 is 0 Å². The minimum absolute atomic E-state index is 0.802. The highest BCUT2D eigenvalue weighted by molar-refractivity contribution is 6.03. The number of hydrogen-bond donors (Lipinski definition) is 0. The number of aromatic nitrogens is 2. The lowest BCUT2D eigenvalue weighted by atomic mass is 10.2. The van der Waals surface area contributed by atoms with E-state index in [1.165, 1.54) is 0 Å². The zero-order valence-electron chi connectivity index (χ0n) is 20.8. The molecule has 2 aromatic carbocycles. The van der Waals surface area contributed by atoms with Gasteiger partial charge in [-0.25, -0.2) is 9.97 Å². The Balaban J connectivity index is 1.69. The molecule has 0 aliphatic carbocycles. The molecule has 0 amide bonds. The Morgan fingerprint density at radius 2 is 0.611 bits per heavy atom. The van der Waals surface area contributed by atoms with Crippen LogP contribution < -0.4 is 0 Å². The predicted octanol–water partition coefficient (Wildman–Crippen LogP) is 7.35. The molecule has 0 atom stereocenters. The third-order valence-electron chi connectivity index (χ3n) is 5.83. The molecule has 1 aliphatic heterocycles. The first-order chi connectivity index (χ1) is 17.4. The van der Waals surface area contributed by atoms with Gasteiger partial charge < -0.3 is 0 Å². The molecule has 0 saturated heterocycles. The molecule has 176 valence electrons. The van der Waals surface area contributed by atoms with Crippen LogP contribution in [0, 0.1) is 0 Å². The van der Waals surface area contributed by atoms with Gasteiger partial charge in [0, 0.05) is 0 Å². The lowest BCUT2D eigenvalue weighted by Gasteiger charge is -2.07. The number of benzene rings is 2. The van der Waals surface area contributed by atoms with Gasteiger partial charge in [0.25, 0.3) is 0 Å². The van der Waals surface area contributed by atoms with Crippen molar-refractivity contribution in [2.24, 2.45) is 20.0 Å². The van der Waals surface area contributed by atoms with Crippen LogP contribution in [0.3, 0.4) is 0 Å². The van der Waals surface area contributed by atoms with E-state index in [9.17, 15) is 0 Å². The molecular weight excluding hydrogens is 444 g/mol. The Labute approximate surface area is 211 Å². The molecule has 4 aromatic rings. The van der Waals surface area contributed by atoms with Gasteiger partial charge in [0.15, 0.2) is 0 Å². The summed E-state index contributed by atoms with van der Waals surface area (Å²) < 4.78 is 0. The molecule has 6 nitrogen and oxygen atoms in total. The van der Waals surface area contributed by atoms with Gasteiger partial charge >= 0.3 is 0 Å². The summed E-state index contributed by atoms with van der Waals surface area (Å²) in [6.45, 7) is 7.85. The highest BCUT2D eigenvalue weighted by atomic mass is 14.9. The van der Waals surface area contributed by atoms with Gasteiger partial charge in [-0.15, -0.1) is 0 Å². The van der Waals surface area contributed by atoms with Crippen LogP contribution in [-0.4, -0.2) is 32.8 Å². The summed E-state index contributed by atoms with van der Waals surface area (Å²) in [7, 11) is 0. The quantitative estimate of drug-likeness (QED) is 0.269. The van der Waals surface area contributed by atoms with Crippen molar-refractivity contribution in [2.75, 3.05) is 0 Å². The van der Waals surface area contributed by atoms with Crippen molar-refractivity contribution in [1.29, 1.82) is 0 Å². The molecule has 2 aromatic heterocycles. The minimum Gasteiger partial charge on any atom is -0.251 e. The van der Waals surface area contributed by atoms with Gasteiger partial charge in [-0.2, -0.15) is 0 Å². The first-order valence-electron chi connectivity index (χ1n) is 11.8. The maximum absolute atomic E-state index is 4.82. The van der Waals surface area contributed by atoms with Gasteiger partial charge in [0.2, 0.25) is 0 Å². The fraction of sp³-hybridized carbons (Fsp3) is 0.133. The second kappa shape index (κ2) is 9.96. The molecule has 0 fully saturated rings. The van der Waals surface area contributed by atoms with Crippen LogP contribution in [0.2, 0.25) is 0 Å². The summed E-state index contributed by atoms with van der Waals surface area (Å²) >= 11 is 0.